The third-order valence-corrected chi connectivity index (χ3v) is 3.69. The predicted octanol–water partition coefficient (Wildman–Crippen LogP) is 2.21. The van der Waals surface area contributed by atoms with Crippen LogP contribution < -0.4 is 0 Å². The van der Waals surface area contributed by atoms with Gasteiger partial charge in [0, 0.05) is 24.5 Å². The topological polar surface area (TPSA) is 57.6 Å². The maximum absolute atomic E-state index is 11.7. The minimum atomic E-state index is -0.816. The molecule has 1 aliphatic heterocycles. The Morgan fingerprint density at radius 1 is 1.37 bits per heavy atom. The van der Waals surface area contributed by atoms with Gasteiger partial charge in [-0.25, -0.2) is 0 Å². The Hall–Kier alpha value is -1.55. The van der Waals surface area contributed by atoms with Gasteiger partial charge in [0.1, 0.15) is 0 Å². The lowest BCUT2D eigenvalue weighted by Crippen LogP contribution is -2.43. The monoisotopic (exact) mass is 281 g/mol. The van der Waals surface area contributed by atoms with Crippen molar-refractivity contribution in [1.82, 2.24) is 4.90 Å². The van der Waals surface area contributed by atoms with Gasteiger partial charge in [0.05, 0.1) is 5.92 Å². The normalized spacial score (nSPS) is 19.5. The number of piperidine rings is 1. The largest absolute Gasteiger partial charge is 0.481 e. The molecule has 0 bridgehead atoms. The van der Waals surface area contributed by atoms with E-state index >= 15 is 0 Å². The van der Waals surface area contributed by atoms with Crippen LogP contribution in [0.15, 0.2) is 24.3 Å². The molecule has 0 saturated carbocycles. The highest BCUT2D eigenvalue weighted by molar-refractivity contribution is 6.30. The number of carbonyl (C=O) groups excluding carboxylic acids is 1. The summed E-state index contributed by atoms with van der Waals surface area (Å²) in [6.45, 7) is 0.881. The lowest BCUT2D eigenvalue weighted by Gasteiger charge is -2.30. The van der Waals surface area contributed by atoms with Gasteiger partial charge in [-0.3, -0.25) is 9.59 Å². The average Bonchev–Trinajstić information content (AvgIpc) is 2.39. The number of benzene rings is 1. The van der Waals surface area contributed by atoms with Crippen LogP contribution >= 0.6 is 11.6 Å². The van der Waals surface area contributed by atoms with E-state index in [0.717, 1.165) is 12.0 Å². The zero-order valence-corrected chi connectivity index (χ0v) is 11.3. The number of nitrogens with zero attached hydrogens (tertiary/aromatic N) is 1. The van der Waals surface area contributed by atoms with Gasteiger partial charge in [-0.15, -0.1) is 0 Å². The summed E-state index contributed by atoms with van der Waals surface area (Å²) >= 11 is 5.81. The van der Waals surface area contributed by atoms with Crippen LogP contribution in [0.2, 0.25) is 5.02 Å². The number of hydrogen-bond donors (Lipinski definition) is 1. The van der Waals surface area contributed by atoms with E-state index in [4.69, 9.17) is 16.7 Å². The summed E-state index contributed by atoms with van der Waals surface area (Å²) in [5.74, 6) is -1.20. The van der Waals surface area contributed by atoms with E-state index in [2.05, 4.69) is 0 Å². The fourth-order valence-corrected chi connectivity index (χ4v) is 2.37. The molecular weight excluding hydrogens is 266 g/mol. The van der Waals surface area contributed by atoms with Gasteiger partial charge in [0.15, 0.2) is 0 Å². The second kappa shape index (κ2) is 6.06. The van der Waals surface area contributed by atoms with E-state index in [0.29, 0.717) is 31.0 Å². The zero-order valence-electron chi connectivity index (χ0n) is 10.5. The Labute approximate surface area is 117 Å². The maximum Gasteiger partial charge on any atom is 0.308 e. The lowest BCUT2D eigenvalue weighted by molar-refractivity contribution is -0.147. The molecule has 2 rings (SSSR count). The Morgan fingerprint density at radius 3 is 2.68 bits per heavy atom. The number of rotatable bonds is 4. The smallest absolute Gasteiger partial charge is 0.308 e. The molecule has 0 spiro atoms. The molecular formula is C14H16ClNO3. The first kappa shape index (κ1) is 13.9. The molecule has 1 aromatic rings. The van der Waals surface area contributed by atoms with E-state index in [-0.39, 0.29) is 5.91 Å². The summed E-state index contributed by atoms with van der Waals surface area (Å²) in [6, 6.07) is 7.47. The van der Waals surface area contributed by atoms with Crippen molar-refractivity contribution in [2.75, 3.05) is 13.1 Å². The maximum atomic E-state index is 11.7. The van der Waals surface area contributed by atoms with Crippen molar-refractivity contribution < 1.29 is 14.7 Å². The van der Waals surface area contributed by atoms with Crippen molar-refractivity contribution in [3.05, 3.63) is 34.9 Å². The van der Waals surface area contributed by atoms with Crippen LogP contribution in [0.4, 0.5) is 0 Å². The molecule has 1 amide bonds. The first-order valence-corrected chi connectivity index (χ1v) is 6.69. The number of carboxylic acids is 1. The van der Waals surface area contributed by atoms with Crippen molar-refractivity contribution in [2.24, 2.45) is 5.92 Å². The van der Waals surface area contributed by atoms with Crippen LogP contribution in [0, 0.1) is 5.92 Å². The third kappa shape index (κ3) is 3.70. The van der Waals surface area contributed by atoms with Gasteiger partial charge in [-0.2, -0.15) is 0 Å². The summed E-state index contributed by atoms with van der Waals surface area (Å²) in [6.07, 6.45) is 1.50. The summed E-state index contributed by atoms with van der Waals surface area (Å²) in [5.41, 5.74) is 1.09. The molecule has 0 aliphatic carbocycles. The van der Waals surface area contributed by atoms with E-state index in [1.165, 1.54) is 0 Å². The summed E-state index contributed by atoms with van der Waals surface area (Å²) in [5, 5.41) is 9.69. The molecule has 1 heterocycles. The van der Waals surface area contributed by atoms with Crippen molar-refractivity contribution in [3.63, 3.8) is 0 Å². The molecule has 0 radical (unpaired) electrons. The standard InChI is InChI=1S/C14H16ClNO3/c15-12-4-1-10(2-5-12)7-8-16-9-11(14(18)19)3-6-13(16)17/h1-2,4-5,11H,3,6-9H2,(H,18,19)/t11-/m0/s1. The highest BCUT2D eigenvalue weighted by atomic mass is 35.5. The first-order valence-electron chi connectivity index (χ1n) is 6.31. The molecule has 5 heteroatoms. The number of likely N-dealkylation sites (tertiary alicyclic amines) is 1. The predicted molar refractivity (Wildman–Crippen MR) is 72.1 cm³/mol. The van der Waals surface area contributed by atoms with Crippen LogP contribution in [0.3, 0.4) is 0 Å². The summed E-state index contributed by atoms with van der Waals surface area (Å²) in [4.78, 5) is 24.4. The van der Waals surface area contributed by atoms with E-state index in [9.17, 15) is 9.59 Å². The van der Waals surface area contributed by atoms with Gasteiger partial charge in [0.25, 0.3) is 0 Å². The van der Waals surface area contributed by atoms with Crippen LogP contribution in [-0.2, 0) is 16.0 Å². The van der Waals surface area contributed by atoms with Gasteiger partial charge in [-0.1, -0.05) is 23.7 Å². The van der Waals surface area contributed by atoms with Crippen molar-refractivity contribution in [3.8, 4) is 0 Å². The molecule has 1 saturated heterocycles. The van der Waals surface area contributed by atoms with Crippen LogP contribution in [0.5, 0.6) is 0 Å². The Balaban J connectivity index is 1.92. The average molecular weight is 282 g/mol. The van der Waals surface area contributed by atoms with Gasteiger partial charge in [-0.05, 0) is 30.5 Å². The van der Waals surface area contributed by atoms with Crippen molar-refractivity contribution in [1.29, 1.82) is 0 Å². The highest BCUT2D eigenvalue weighted by Crippen LogP contribution is 2.18. The quantitative estimate of drug-likeness (QED) is 0.920. The first-order chi connectivity index (χ1) is 9.06. The lowest BCUT2D eigenvalue weighted by atomic mass is 9.97. The SMILES string of the molecule is O=C(O)[C@H]1CCC(=O)N(CCc2ccc(Cl)cc2)C1. The highest BCUT2D eigenvalue weighted by Gasteiger charge is 2.29. The summed E-state index contributed by atoms with van der Waals surface area (Å²) in [7, 11) is 0. The van der Waals surface area contributed by atoms with Crippen LogP contribution in [0.1, 0.15) is 18.4 Å². The Morgan fingerprint density at radius 2 is 2.05 bits per heavy atom. The van der Waals surface area contributed by atoms with Crippen LogP contribution in [0.25, 0.3) is 0 Å². The zero-order chi connectivity index (χ0) is 13.8. The molecule has 19 heavy (non-hydrogen) atoms. The molecule has 102 valence electrons. The molecule has 0 unspecified atom stereocenters. The number of amides is 1. The third-order valence-electron chi connectivity index (χ3n) is 3.43. The van der Waals surface area contributed by atoms with Gasteiger partial charge >= 0.3 is 5.97 Å². The molecule has 1 atom stereocenters. The number of hydrogen-bond acceptors (Lipinski definition) is 2. The molecule has 4 nitrogen and oxygen atoms in total. The fourth-order valence-electron chi connectivity index (χ4n) is 2.25. The number of halogens is 1. The van der Waals surface area contributed by atoms with Crippen molar-refractivity contribution in [2.45, 2.75) is 19.3 Å². The molecule has 1 aromatic carbocycles. The van der Waals surface area contributed by atoms with Crippen LogP contribution in [-0.4, -0.2) is 35.0 Å². The molecule has 0 aromatic heterocycles. The van der Waals surface area contributed by atoms with E-state index < -0.39 is 11.9 Å². The Kier molecular flexibility index (Phi) is 4.43. The minimum absolute atomic E-state index is 0.0477. The van der Waals surface area contributed by atoms with Gasteiger partial charge in [0.2, 0.25) is 5.91 Å². The number of carboxylic acid groups (broad SMARTS) is 1. The minimum Gasteiger partial charge on any atom is -0.481 e. The molecule has 1 fully saturated rings. The van der Waals surface area contributed by atoms with Gasteiger partial charge < -0.3 is 10.0 Å². The summed E-state index contributed by atoms with van der Waals surface area (Å²) < 4.78 is 0. The number of carbonyl (C=O) groups is 2. The van der Waals surface area contributed by atoms with Crippen molar-refractivity contribution >= 4 is 23.5 Å². The number of aliphatic carboxylic acids is 1. The second-order valence-corrected chi connectivity index (χ2v) is 5.23. The second-order valence-electron chi connectivity index (χ2n) is 4.79. The fraction of sp³-hybridized carbons (Fsp3) is 0.429. The molecule has 1 aliphatic rings. The van der Waals surface area contributed by atoms with E-state index in [1.54, 1.807) is 4.90 Å². The molecule has 1 N–H and O–H groups in total. The Bertz CT molecular complexity index is 472. The van der Waals surface area contributed by atoms with E-state index in [1.807, 2.05) is 24.3 Å².